The number of rotatable bonds is 1. The van der Waals surface area contributed by atoms with E-state index in [9.17, 15) is 4.79 Å². The van der Waals surface area contributed by atoms with Crippen LogP contribution in [0.4, 0.5) is 0 Å². The van der Waals surface area contributed by atoms with Crippen molar-refractivity contribution in [2.24, 2.45) is 0 Å². The van der Waals surface area contributed by atoms with Gasteiger partial charge in [0.25, 0.3) is 0 Å². The number of pyridine rings is 1. The van der Waals surface area contributed by atoms with Gasteiger partial charge >= 0.3 is 0 Å². The molecule has 0 aromatic carbocycles. The van der Waals surface area contributed by atoms with Crippen molar-refractivity contribution in [3.8, 4) is 0 Å². The van der Waals surface area contributed by atoms with Crippen molar-refractivity contribution in [2.45, 2.75) is 12.8 Å². The topological polar surface area (TPSA) is 30.0 Å². The first kappa shape index (κ1) is 7.22. The third-order valence-corrected chi connectivity index (χ3v) is 2.18. The Balaban J connectivity index is 2.65. The van der Waals surface area contributed by atoms with Crippen LogP contribution in [0.15, 0.2) is 18.8 Å². The molecule has 1 heterocycles. The zero-order valence-corrected chi connectivity index (χ0v) is 6.71. The normalized spacial score (nSPS) is 14.5. The van der Waals surface area contributed by atoms with Crippen LogP contribution in [0.1, 0.15) is 28.0 Å². The monoisotopic (exact) mass is 159 g/mol. The molecule has 1 aliphatic carbocycles. The van der Waals surface area contributed by atoms with Crippen LogP contribution in [0.5, 0.6) is 0 Å². The molecule has 0 amide bonds. The Hall–Kier alpha value is -1.44. The highest BCUT2D eigenvalue weighted by Gasteiger charge is 2.21. The molecule has 0 bridgehead atoms. The summed E-state index contributed by atoms with van der Waals surface area (Å²) in [5.41, 5.74) is 2.76. The number of nitrogens with zero attached hydrogens (tertiary/aromatic N) is 1. The number of aromatic nitrogens is 1. The van der Waals surface area contributed by atoms with Gasteiger partial charge in [0.15, 0.2) is 5.78 Å². The third-order valence-electron chi connectivity index (χ3n) is 2.18. The summed E-state index contributed by atoms with van der Waals surface area (Å²) < 4.78 is 0. The van der Waals surface area contributed by atoms with E-state index in [0.717, 1.165) is 17.5 Å². The molecule has 0 aliphatic heterocycles. The summed E-state index contributed by atoms with van der Waals surface area (Å²) in [6.07, 6.45) is 4.87. The van der Waals surface area contributed by atoms with Crippen molar-refractivity contribution in [1.29, 1.82) is 0 Å². The smallest absolute Gasteiger partial charge is 0.181 e. The van der Waals surface area contributed by atoms with E-state index in [0.29, 0.717) is 12.1 Å². The van der Waals surface area contributed by atoms with E-state index in [2.05, 4.69) is 11.6 Å². The van der Waals surface area contributed by atoms with E-state index in [1.807, 2.05) is 6.07 Å². The summed E-state index contributed by atoms with van der Waals surface area (Å²) in [4.78, 5) is 15.3. The highest BCUT2D eigenvalue weighted by Crippen LogP contribution is 2.23. The Morgan fingerprint density at radius 2 is 2.33 bits per heavy atom. The molecule has 0 saturated carbocycles. The molecular weight excluding hydrogens is 150 g/mol. The molecule has 0 N–H and O–H groups in total. The van der Waals surface area contributed by atoms with Crippen molar-refractivity contribution in [3.63, 3.8) is 0 Å². The fourth-order valence-electron chi connectivity index (χ4n) is 1.56. The molecule has 0 unspecified atom stereocenters. The van der Waals surface area contributed by atoms with Gasteiger partial charge in [0, 0.05) is 12.6 Å². The Morgan fingerprint density at radius 1 is 1.50 bits per heavy atom. The Labute approximate surface area is 70.9 Å². The molecule has 1 aromatic rings. The molecule has 12 heavy (non-hydrogen) atoms. The Morgan fingerprint density at radius 3 is 3.08 bits per heavy atom. The second-order valence-electron chi connectivity index (χ2n) is 2.85. The molecule has 0 saturated heterocycles. The van der Waals surface area contributed by atoms with Gasteiger partial charge < -0.3 is 0 Å². The van der Waals surface area contributed by atoms with Crippen LogP contribution in [0.2, 0.25) is 0 Å². The van der Waals surface area contributed by atoms with Crippen molar-refractivity contribution >= 4 is 11.9 Å². The van der Waals surface area contributed by atoms with Gasteiger partial charge in [-0.25, -0.2) is 0 Å². The first-order valence-corrected chi connectivity index (χ1v) is 3.96. The average Bonchev–Trinajstić information content (AvgIpc) is 2.48. The minimum absolute atomic E-state index is 0.161. The van der Waals surface area contributed by atoms with Crippen LogP contribution in [-0.2, 0) is 6.42 Å². The minimum Gasteiger partial charge on any atom is -0.292 e. The van der Waals surface area contributed by atoms with E-state index in [4.69, 9.17) is 0 Å². The number of ketones is 1. The maximum atomic E-state index is 11.2. The fourth-order valence-corrected chi connectivity index (χ4v) is 1.56. The van der Waals surface area contributed by atoms with Gasteiger partial charge in [0.05, 0.1) is 0 Å². The summed E-state index contributed by atoms with van der Waals surface area (Å²) in [6.45, 7) is 3.69. The molecule has 1 aliphatic rings. The van der Waals surface area contributed by atoms with Crippen LogP contribution in [0, 0.1) is 0 Å². The fraction of sp³-hybridized carbons (Fsp3) is 0.200. The lowest BCUT2D eigenvalue weighted by molar-refractivity contribution is 0.0990. The van der Waals surface area contributed by atoms with Crippen LogP contribution >= 0.6 is 0 Å². The number of hydrogen-bond donors (Lipinski definition) is 0. The van der Waals surface area contributed by atoms with E-state index in [1.54, 1.807) is 12.3 Å². The Bertz CT molecular complexity index is 355. The number of carbonyl (C=O) groups is 1. The minimum atomic E-state index is 0.161. The quantitative estimate of drug-likeness (QED) is 0.626. The molecular formula is C10H9NO. The van der Waals surface area contributed by atoms with Gasteiger partial charge in [-0.3, -0.25) is 9.78 Å². The second kappa shape index (κ2) is 2.55. The summed E-state index contributed by atoms with van der Waals surface area (Å²) in [6, 6.07) is 1.89. The second-order valence-corrected chi connectivity index (χ2v) is 2.85. The number of Topliss-reactive ketones (excluding diaryl/α,β-unsaturated/α-hetero) is 1. The van der Waals surface area contributed by atoms with Gasteiger partial charge in [-0.2, -0.15) is 0 Å². The molecule has 0 radical (unpaired) electrons. The zero-order valence-electron chi connectivity index (χ0n) is 6.71. The average molecular weight is 159 g/mol. The maximum absolute atomic E-state index is 11.2. The predicted octanol–water partition coefficient (Wildman–Crippen LogP) is 1.85. The van der Waals surface area contributed by atoms with E-state index in [-0.39, 0.29) is 5.78 Å². The Kier molecular flexibility index (Phi) is 1.54. The molecule has 0 atom stereocenters. The maximum Gasteiger partial charge on any atom is 0.181 e. The molecule has 1 aromatic heterocycles. The SMILES string of the molecule is C=Cc1ccnc2c1CCC2=O. The molecule has 2 heteroatoms. The predicted molar refractivity (Wildman–Crippen MR) is 47.0 cm³/mol. The number of hydrogen-bond acceptors (Lipinski definition) is 2. The zero-order chi connectivity index (χ0) is 8.55. The standard InChI is InChI=1S/C10H9NO/c1-2-7-5-6-11-10-8(7)3-4-9(10)12/h2,5-6H,1,3-4H2. The lowest BCUT2D eigenvalue weighted by Crippen LogP contribution is -1.95. The molecule has 60 valence electrons. The highest BCUT2D eigenvalue weighted by molar-refractivity contribution is 5.99. The van der Waals surface area contributed by atoms with Crippen LogP contribution < -0.4 is 0 Å². The van der Waals surface area contributed by atoms with Crippen molar-refractivity contribution in [3.05, 3.63) is 35.7 Å². The third kappa shape index (κ3) is 0.881. The molecule has 2 nitrogen and oxygen atoms in total. The summed E-state index contributed by atoms with van der Waals surface area (Å²) in [5.74, 6) is 0.161. The first-order chi connectivity index (χ1) is 5.83. The van der Waals surface area contributed by atoms with Gasteiger partial charge in [0.1, 0.15) is 5.69 Å². The molecule has 0 spiro atoms. The number of fused-ring (bicyclic) bond motifs is 1. The van der Waals surface area contributed by atoms with Crippen LogP contribution in [0.3, 0.4) is 0 Å². The largest absolute Gasteiger partial charge is 0.292 e. The van der Waals surface area contributed by atoms with E-state index in [1.165, 1.54) is 0 Å². The van der Waals surface area contributed by atoms with Crippen molar-refractivity contribution in [1.82, 2.24) is 4.98 Å². The number of carbonyl (C=O) groups excluding carboxylic acids is 1. The van der Waals surface area contributed by atoms with E-state index >= 15 is 0 Å². The van der Waals surface area contributed by atoms with Gasteiger partial charge in [-0.15, -0.1) is 0 Å². The molecule has 2 rings (SSSR count). The van der Waals surface area contributed by atoms with Crippen LogP contribution in [-0.4, -0.2) is 10.8 Å². The lowest BCUT2D eigenvalue weighted by Gasteiger charge is -1.99. The van der Waals surface area contributed by atoms with Gasteiger partial charge in [-0.1, -0.05) is 12.7 Å². The summed E-state index contributed by atoms with van der Waals surface area (Å²) >= 11 is 0. The summed E-state index contributed by atoms with van der Waals surface area (Å²) in [5, 5.41) is 0. The van der Waals surface area contributed by atoms with Gasteiger partial charge in [0.2, 0.25) is 0 Å². The van der Waals surface area contributed by atoms with Crippen LogP contribution in [0.25, 0.3) is 6.08 Å². The summed E-state index contributed by atoms with van der Waals surface area (Å²) in [7, 11) is 0. The van der Waals surface area contributed by atoms with Crippen molar-refractivity contribution < 1.29 is 4.79 Å². The highest BCUT2D eigenvalue weighted by atomic mass is 16.1. The van der Waals surface area contributed by atoms with Gasteiger partial charge in [-0.05, 0) is 23.6 Å². The lowest BCUT2D eigenvalue weighted by atomic mass is 10.1. The van der Waals surface area contributed by atoms with Crippen molar-refractivity contribution in [2.75, 3.05) is 0 Å². The van der Waals surface area contributed by atoms with E-state index < -0.39 is 0 Å². The molecule has 0 fully saturated rings. The first-order valence-electron chi connectivity index (χ1n) is 3.96.